The zero-order valence-corrected chi connectivity index (χ0v) is 13.5. The maximum Gasteiger partial charge on any atom is 0.257 e. The van der Waals surface area contributed by atoms with E-state index in [2.05, 4.69) is 25.8 Å². The summed E-state index contributed by atoms with van der Waals surface area (Å²) in [5.41, 5.74) is 1.99. The standard InChI is InChI=1S/C16H13N5O2S/c1-10(22)18-13-4-2-11(3-5-13)14(23)19-16-21-20-15(24-16)12-6-8-17-9-7-12/h2-9H,1H3,(H,18,22)(H,19,21,23). The minimum Gasteiger partial charge on any atom is -0.326 e. The van der Waals surface area contributed by atoms with E-state index in [-0.39, 0.29) is 11.8 Å². The third-order valence-electron chi connectivity index (χ3n) is 3.04. The summed E-state index contributed by atoms with van der Waals surface area (Å²) in [5, 5.41) is 14.5. The predicted molar refractivity (Wildman–Crippen MR) is 91.8 cm³/mol. The van der Waals surface area contributed by atoms with Crippen LogP contribution < -0.4 is 10.6 Å². The van der Waals surface area contributed by atoms with Crippen LogP contribution in [0, 0.1) is 0 Å². The van der Waals surface area contributed by atoms with Gasteiger partial charge in [-0.05, 0) is 36.4 Å². The molecule has 1 aromatic carbocycles. The summed E-state index contributed by atoms with van der Waals surface area (Å²) >= 11 is 1.28. The number of rotatable bonds is 4. The number of carbonyl (C=O) groups excluding carboxylic acids is 2. The quantitative estimate of drug-likeness (QED) is 0.762. The van der Waals surface area contributed by atoms with Gasteiger partial charge in [0.2, 0.25) is 11.0 Å². The number of amides is 2. The Labute approximate surface area is 141 Å². The van der Waals surface area contributed by atoms with Crippen molar-refractivity contribution in [1.29, 1.82) is 0 Å². The van der Waals surface area contributed by atoms with Gasteiger partial charge in [0.25, 0.3) is 5.91 Å². The molecule has 0 bridgehead atoms. The van der Waals surface area contributed by atoms with E-state index in [1.807, 2.05) is 12.1 Å². The number of anilines is 2. The van der Waals surface area contributed by atoms with Crippen LogP contribution in [0.3, 0.4) is 0 Å². The van der Waals surface area contributed by atoms with Crippen LogP contribution in [0.15, 0.2) is 48.8 Å². The van der Waals surface area contributed by atoms with E-state index in [9.17, 15) is 9.59 Å². The van der Waals surface area contributed by atoms with Crippen molar-refractivity contribution in [2.75, 3.05) is 10.6 Å². The van der Waals surface area contributed by atoms with Crippen LogP contribution in [0.4, 0.5) is 10.8 Å². The summed E-state index contributed by atoms with van der Waals surface area (Å²) in [6.45, 7) is 1.43. The lowest BCUT2D eigenvalue weighted by atomic mass is 10.2. The van der Waals surface area contributed by atoms with Crippen LogP contribution in [0.25, 0.3) is 10.6 Å². The highest BCUT2D eigenvalue weighted by molar-refractivity contribution is 7.18. The molecule has 0 spiro atoms. The Morgan fingerprint density at radius 3 is 2.33 bits per heavy atom. The van der Waals surface area contributed by atoms with E-state index >= 15 is 0 Å². The van der Waals surface area contributed by atoms with E-state index in [0.717, 1.165) is 5.56 Å². The first kappa shape index (κ1) is 15.8. The molecule has 0 aliphatic carbocycles. The molecule has 2 N–H and O–H groups in total. The molecule has 7 nitrogen and oxygen atoms in total. The molecule has 0 saturated heterocycles. The van der Waals surface area contributed by atoms with Gasteiger partial charge < -0.3 is 5.32 Å². The molecule has 0 saturated carbocycles. The van der Waals surface area contributed by atoms with Crippen molar-refractivity contribution in [2.24, 2.45) is 0 Å². The Bertz CT molecular complexity index is 862. The molecular weight excluding hydrogens is 326 g/mol. The normalized spacial score (nSPS) is 10.2. The fraction of sp³-hybridized carbons (Fsp3) is 0.0625. The van der Waals surface area contributed by atoms with E-state index < -0.39 is 0 Å². The Morgan fingerprint density at radius 1 is 0.958 bits per heavy atom. The van der Waals surface area contributed by atoms with Gasteiger partial charge in [-0.1, -0.05) is 11.3 Å². The molecule has 0 aliphatic heterocycles. The Balaban J connectivity index is 1.69. The fourth-order valence-electron chi connectivity index (χ4n) is 1.96. The Kier molecular flexibility index (Phi) is 4.57. The van der Waals surface area contributed by atoms with Crippen molar-refractivity contribution < 1.29 is 9.59 Å². The molecule has 8 heteroatoms. The third-order valence-corrected chi connectivity index (χ3v) is 3.93. The van der Waals surface area contributed by atoms with Crippen LogP contribution in [-0.4, -0.2) is 27.0 Å². The molecule has 0 unspecified atom stereocenters. The number of nitrogens with one attached hydrogen (secondary N) is 2. The molecule has 0 radical (unpaired) electrons. The van der Waals surface area contributed by atoms with Gasteiger partial charge in [-0.25, -0.2) is 0 Å². The summed E-state index contributed by atoms with van der Waals surface area (Å²) in [7, 11) is 0. The van der Waals surface area contributed by atoms with Crippen molar-refractivity contribution in [2.45, 2.75) is 6.92 Å². The average molecular weight is 339 g/mol. The predicted octanol–water partition coefficient (Wildman–Crippen LogP) is 2.81. The van der Waals surface area contributed by atoms with Crippen molar-refractivity contribution in [1.82, 2.24) is 15.2 Å². The summed E-state index contributed by atoms with van der Waals surface area (Å²) in [5.74, 6) is -0.452. The van der Waals surface area contributed by atoms with E-state index in [0.29, 0.717) is 21.4 Å². The Morgan fingerprint density at radius 2 is 1.67 bits per heavy atom. The largest absolute Gasteiger partial charge is 0.326 e. The minimum atomic E-state index is -0.290. The maximum atomic E-state index is 12.2. The SMILES string of the molecule is CC(=O)Nc1ccc(C(=O)Nc2nnc(-c3ccncc3)s2)cc1. The number of hydrogen-bond donors (Lipinski definition) is 2. The number of pyridine rings is 1. The van der Waals surface area contributed by atoms with Gasteiger partial charge in [0.05, 0.1) is 0 Å². The van der Waals surface area contributed by atoms with Crippen LogP contribution in [0.2, 0.25) is 0 Å². The van der Waals surface area contributed by atoms with Crippen LogP contribution in [-0.2, 0) is 4.79 Å². The second-order valence-electron chi connectivity index (χ2n) is 4.86. The Hall–Kier alpha value is -3.13. The topological polar surface area (TPSA) is 96.9 Å². The lowest BCUT2D eigenvalue weighted by molar-refractivity contribution is -0.114. The number of benzene rings is 1. The molecule has 3 aromatic rings. The molecular formula is C16H13N5O2S. The van der Waals surface area contributed by atoms with Crippen molar-refractivity contribution in [3.05, 3.63) is 54.4 Å². The van der Waals surface area contributed by atoms with Crippen molar-refractivity contribution in [3.63, 3.8) is 0 Å². The molecule has 120 valence electrons. The second kappa shape index (κ2) is 6.97. The van der Waals surface area contributed by atoms with Crippen LogP contribution in [0.1, 0.15) is 17.3 Å². The average Bonchev–Trinajstić information content (AvgIpc) is 3.04. The first-order valence-corrected chi connectivity index (χ1v) is 7.86. The van der Waals surface area contributed by atoms with Crippen LogP contribution in [0.5, 0.6) is 0 Å². The highest BCUT2D eigenvalue weighted by Crippen LogP contribution is 2.25. The zero-order valence-electron chi connectivity index (χ0n) is 12.7. The first-order chi connectivity index (χ1) is 11.6. The van der Waals surface area contributed by atoms with Crippen molar-refractivity contribution in [3.8, 4) is 10.6 Å². The molecule has 2 aromatic heterocycles. The van der Waals surface area contributed by atoms with Crippen LogP contribution >= 0.6 is 11.3 Å². The van der Waals surface area contributed by atoms with Gasteiger partial charge in [0.15, 0.2) is 0 Å². The first-order valence-electron chi connectivity index (χ1n) is 7.05. The molecule has 0 fully saturated rings. The van der Waals surface area contributed by atoms with Gasteiger partial charge >= 0.3 is 0 Å². The van der Waals surface area contributed by atoms with Gasteiger partial charge in [-0.3, -0.25) is 19.9 Å². The monoisotopic (exact) mass is 339 g/mol. The summed E-state index contributed by atoms with van der Waals surface area (Å²) in [6, 6.07) is 10.2. The van der Waals surface area contributed by atoms with E-state index in [1.54, 1.807) is 36.7 Å². The second-order valence-corrected chi connectivity index (χ2v) is 5.84. The third kappa shape index (κ3) is 3.79. The summed E-state index contributed by atoms with van der Waals surface area (Å²) < 4.78 is 0. The van der Waals surface area contributed by atoms with Gasteiger partial charge in [0, 0.05) is 36.1 Å². The fourth-order valence-corrected chi connectivity index (χ4v) is 2.71. The van der Waals surface area contributed by atoms with E-state index in [4.69, 9.17) is 0 Å². The number of nitrogens with zero attached hydrogens (tertiary/aromatic N) is 3. The zero-order chi connectivity index (χ0) is 16.9. The van der Waals surface area contributed by atoms with Gasteiger partial charge in [-0.2, -0.15) is 0 Å². The van der Waals surface area contributed by atoms with Gasteiger partial charge in [0.1, 0.15) is 5.01 Å². The summed E-state index contributed by atoms with van der Waals surface area (Å²) in [6.07, 6.45) is 3.34. The number of aromatic nitrogens is 3. The number of hydrogen-bond acceptors (Lipinski definition) is 6. The molecule has 2 heterocycles. The molecule has 0 atom stereocenters. The lowest BCUT2D eigenvalue weighted by Gasteiger charge is -2.04. The molecule has 2 amide bonds. The highest BCUT2D eigenvalue weighted by Gasteiger charge is 2.11. The molecule has 3 rings (SSSR count). The minimum absolute atomic E-state index is 0.162. The lowest BCUT2D eigenvalue weighted by Crippen LogP contribution is -2.12. The molecule has 0 aliphatic rings. The van der Waals surface area contributed by atoms with E-state index in [1.165, 1.54) is 18.3 Å². The maximum absolute atomic E-state index is 12.2. The smallest absolute Gasteiger partial charge is 0.257 e. The van der Waals surface area contributed by atoms with Crippen molar-refractivity contribution >= 4 is 34.0 Å². The number of carbonyl (C=O) groups is 2. The molecule has 24 heavy (non-hydrogen) atoms. The highest BCUT2D eigenvalue weighted by atomic mass is 32.1. The van der Waals surface area contributed by atoms with Gasteiger partial charge in [-0.15, -0.1) is 10.2 Å². The summed E-state index contributed by atoms with van der Waals surface area (Å²) in [4.78, 5) is 27.2.